The monoisotopic (exact) mass is 396 g/mol. The van der Waals surface area contributed by atoms with Crippen molar-refractivity contribution in [3.05, 3.63) is 95.1 Å². The Kier molecular flexibility index (Phi) is 5.00. The SMILES string of the molecule is CN(C)c1ccc(C2=C(c3ccc(N(C)C)cc3)C(=O)c3ccccc3C2=O)cc1. The first-order valence-electron chi connectivity index (χ1n) is 9.86. The topological polar surface area (TPSA) is 40.6 Å². The number of nitrogens with zero attached hydrogens (tertiary/aromatic N) is 2. The number of rotatable bonds is 4. The molecule has 4 nitrogen and oxygen atoms in total. The van der Waals surface area contributed by atoms with Gasteiger partial charge in [0.05, 0.1) is 0 Å². The second-order valence-electron chi connectivity index (χ2n) is 7.84. The summed E-state index contributed by atoms with van der Waals surface area (Å²) in [6.45, 7) is 0. The Bertz CT molecular complexity index is 1060. The maximum atomic E-state index is 13.5. The van der Waals surface area contributed by atoms with Gasteiger partial charge in [-0.15, -0.1) is 0 Å². The van der Waals surface area contributed by atoms with Crippen LogP contribution in [-0.4, -0.2) is 39.8 Å². The standard InChI is InChI=1S/C26H24N2O2/c1-27(2)19-13-9-17(10-14-19)23-24(18-11-15-20(16-12-18)28(3)4)26(30)22-8-6-5-7-21(22)25(23)29/h5-16H,1-4H3. The quantitative estimate of drug-likeness (QED) is 0.635. The number of allylic oxidation sites excluding steroid dienone is 2. The van der Waals surface area contributed by atoms with Gasteiger partial charge in [0, 0.05) is 61.8 Å². The zero-order chi connectivity index (χ0) is 21.4. The molecule has 4 heteroatoms. The molecular formula is C26H24N2O2. The highest BCUT2D eigenvalue weighted by molar-refractivity contribution is 6.51. The third-order valence-electron chi connectivity index (χ3n) is 5.47. The van der Waals surface area contributed by atoms with Crippen LogP contribution in [0.15, 0.2) is 72.8 Å². The van der Waals surface area contributed by atoms with E-state index in [9.17, 15) is 9.59 Å². The highest BCUT2D eigenvalue weighted by atomic mass is 16.1. The minimum absolute atomic E-state index is 0.116. The van der Waals surface area contributed by atoms with E-state index in [1.54, 1.807) is 24.3 Å². The van der Waals surface area contributed by atoms with Gasteiger partial charge in [0.2, 0.25) is 0 Å². The maximum absolute atomic E-state index is 13.5. The van der Waals surface area contributed by atoms with Crippen molar-refractivity contribution in [3.8, 4) is 0 Å². The Morgan fingerprint density at radius 3 is 1.13 bits per heavy atom. The highest BCUT2D eigenvalue weighted by Crippen LogP contribution is 2.38. The van der Waals surface area contributed by atoms with Gasteiger partial charge in [-0.25, -0.2) is 0 Å². The van der Waals surface area contributed by atoms with Crippen molar-refractivity contribution in [1.82, 2.24) is 0 Å². The van der Waals surface area contributed by atoms with Gasteiger partial charge in [0.1, 0.15) is 0 Å². The van der Waals surface area contributed by atoms with Crippen molar-refractivity contribution in [2.24, 2.45) is 0 Å². The Hall–Kier alpha value is -3.66. The summed E-state index contributed by atoms with van der Waals surface area (Å²) in [5.41, 5.74) is 5.41. The van der Waals surface area contributed by atoms with E-state index in [0.29, 0.717) is 22.3 Å². The Balaban J connectivity index is 1.94. The smallest absolute Gasteiger partial charge is 0.195 e. The molecule has 0 amide bonds. The summed E-state index contributed by atoms with van der Waals surface area (Å²) in [4.78, 5) is 31.0. The van der Waals surface area contributed by atoms with Gasteiger partial charge < -0.3 is 9.80 Å². The molecule has 0 atom stereocenters. The number of benzene rings is 3. The van der Waals surface area contributed by atoms with Gasteiger partial charge in [-0.3, -0.25) is 9.59 Å². The molecule has 0 radical (unpaired) electrons. The first kappa shape index (κ1) is 19.6. The van der Waals surface area contributed by atoms with E-state index >= 15 is 0 Å². The van der Waals surface area contributed by atoms with Gasteiger partial charge in [0.25, 0.3) is 0 Å². The van der Waals surface area contributed by atoms with E-state index in [1.807, 2.05) is 86.5 Å². The average molecular weight is 396 g/mol. The molecule has 150 valence electrons. The zero-order valence-corrected chi connectivity index (χ0v) is 17.6. The molecule has 30 heavy (non-hydrogen) atoms. The molecule has 3 aromatic carbocycles. The number of hydrogen-bond acceptors (Lipinski definition) is 4. The summed E-state index contributed by atoms with van der Waals surface area (Å²) in [5.74, 6) is -0.232. The fourth-order valence-corrected chi connectivity index (χ4v) is 3.78. The predicted octanol–water partition coefficient (Wildman–Crippen LogP) is 4.81. The molecule has 0 spiro atoms. The van der Waals surface area contributed by atoms with Crippen molar-refractivity contribution >= 4 is 34.1 Å². The number of carbonyl (C=O) groups is 2. The molecule has 0 bridgehead atoms. The first-order valence-corrected chi connectivity index (χ1v) is 9.86. The molecule has 0 saturated carbocycles. The van der Waals surface area contributed by atoms with Crippen molar-refractivity contribution < 1.29 is 9.59 Å². The summed E-state index contributed by atoms with van der Waals surface area (Å²) < 4.78 is 0. The molecule has 0 aliphatic heterocycles. The predicted molar refractivity (Wildman–Crippen MR) is 123 cm³/mol. The highest BCUT2D eigenvalue weighted by Gasteiger charge is 2.33. The minimum Gasteiger partial charge on any atom is -0.378 e. The Morgan fingerprint density at radius 1 is 0.500 bits per heavy atom. The third kappa shape index (κ3) is 3.30. The molecule has 0 N–H and O–H groups in total. The van der Waals surface area contributed by atoms with Crippen LogP contribution in [0.1, 0.15) is 31.8 Å². The van der Waals surface area contributed by atoms with E-state index in [0.717, 1.165) is 22.5 Å². The lowest BCUT2D eigenvalue weighted by Crippen LogP contribution is -2.21. The molecule has 0 saturated heterocycles. The molecule has 0 heterocycles. The van der Waals surface area contributed by atoms with Crippen LogP contribution in [0.3, 0.4) is 0 Å². The molecule has 3 aromatic rings. The summed E-state index contributed by atoms with van der Waals surface area (Å²) in [6, 6.07) is 22.6. The molecule has 0 fully saturated rings. The number of hydrogen-bond donors (Lipinski definition) is 0. The maximum Gasteiger partial charge on any atom is 0.195 e. The zero-order valence-electron chi connectivity index (χ0n) is 17.6. The summed E-state index contributed by atoms with van der Waals surface area (Å²) in [6.07, 6.45) is 0. The van der Waals surface area contributed by atoms with Crippen LogP contribution in [0.25, 0.3) is 11.1 Å². The van der Waals surface area contributed by atoms with E-state index in [-0.39, 0.29) is 11.6 Å². The van der Waals surface area contributed by atoms with Crippen LogP contribution in [0.5, 0.6) is 0 Å². The molecule has 4 rings (SSSR count). The number of carbonyl (C=O) groups excluding carboxylic acids is 2. The van der Waals surface area contributed by atoms with Crippen molar-refractivity contribution in [3.63, 3.8) is 0 Å². The number of Topliss-reactive ketones (excluding diaryl/α,β-unsaturated/α-hetero) is 2. The van der Waals surface area contributed by atoms with Crippen LogP contribution in [0, 0.1) is 0 Å². The van der Waals surface area contributed by atoms with Gasteiger partial charge in [0.15, 0.2) is 11.6 Å². The van der Waals surface area contributed by atoms with Crippen molar-refractivity contribution in [1.29, 1.82) is 0 Å². The molecule has 1 aliphatic carbocycles. The van der Waals surface area contributed by atoms with Crippen LogP contribution in [0.2, 0.25) is 0 Å². The van der Waals surface area contributed by atoms with E-state index in [2.05, 4.69) is 0 Å². The lowest BCUT2D eigenvalue weighted by atomic mass is 9.78. The number of anilines is 2. The average Bonchev–Trinajstić information content (AvgIpc) is 2.76. The van der Waals surface area contributed by atoms with Crippen LogP contribution in [-0.2, 0) is 0 Å². The lowest BCUT2D eigenvalue weighted by Gasteiger charge is -2.23. The summed E-state index contributed by atoms with van der Waals surface area (Å²) in [7, 11) is 7.88. The van der Waals surface area contributed by atoms with Crippen molar-refractivity contribution in [2.75, 3.05) is 38.0 Å². The van der Waals surface area contributed by atoms with E-state index in [1.165, 1.54) is 0 Å². The Morgan fingerprint density at radius 2 is 0.833 bits per heavy atom. The van der Waals surface area contributed by atoms with Crippen LogP contribution < -0.4 is 9.80 Å². The molecular weight excluding hydrogens is 372 g/mol. The van der Waals surface area contributed by atoms with Crippen LogP contribution >= 0.6 is 0 Å². The Labute approximate surface area is 177 Å². The molecule has 1 aliphatic rings. The van der Waals surface area contributed by atoms with Gasteiger partial charge in [-0.05, 0) is 35.4 Å². The fraction of sp³-hybridized carbons (Fsp3) is 0.154. The first-order chi connectivity index (χ1) is 14.4. The van der Waals surface area contributed by atoms with Crippen molar-refractivity contribution in [2.45, 2.75) is 0 Å². The molecule has 0 unspecified atom stereocenters. The normalized spacial score (nSPS) is 13.3. The number of fused-ring (bicyclic) bond motifs is 1. The third-order valence-corrected chi connectivity index (χ3v) is 5.47. The second kappa shape index (κ2) is 7.64. The lowest BCUT2D eigenvalue weighted by molar-refractivity contribution is 0.101. The van der Waals surface area contributed by atoms with Crippen LogP contribution in [0.4, 0.5) is 11.4 Å². The minimum atomic E-state index is -0.116. The van der Waals surface area contributed by atoms with E-state index < -0.39 is 0 Å². The van der Waals surface area contributed by atoms with Gasteiger partial charge in [-0.1, -0.05) is 48.5 Å². The van der Waals surface area contributed by atoms with E-state index in [4.69, 9.17) is 0 Å². The largest absolute Gasteiger partial charge is 0.378 e. The number of ketones is 2. The molecule has 0 aromatic heterocycles. The fourth-order valence-electron chi connectivity index (χ4n) is 3.78. The van der Waals surface area contributed by atoms with Gasteiger partial charge >= 0.3 is 0 Å². The van der Waals surface area contributed by atoms with Gasteiger partial charge in [-0.2, -0.15) is 0 Å². The summed E-state index contributed by atoms with van der Waals surface area (Å²) >= 11 is 0. The summed E-state index contributed by atoms with van der Waals surface area (Å²) in [5, 5.41) is 0. The second-order valence-corrected chi connectivity index (χ2v) is 7.84.